The zero-order valence-corrected chi connectivity index (χ0v) is 18.0. The van der Waals surface area contributed by atoms with Crippen LogP contribution in [0.5, 0.6) is 5.75 Å². The summed E-state index contributed by atoms with van der Waals surface area (Å²) in [4.78, 5) is 29.1. The van der Waals surface area contributed by atoms with Gasteiger partial charge in [0.05, 0.1) is 11.6 Å². The van der Waals surface area contributed by atoms with Gasteiger partial charge in [-0.25, -0.2) is 0 Å². The van der Waals surface area contributed by atoms with Gasteiger partial charge >= 0.3 is 0 Å². The van der Waals surface area contributed by atoms with E-state index in [-0.39, 0.29) is 29.4 Å². The van der Waals surface area contributed by atoms with E-state index in [2.05, 4.69) is 10.3 Å². The topological polar surface area (TPSA) is 71.2 Å². The minimum atomic E-state index is -0.351. The summed E-state index contributed by atoms with van der Waals surface area (Å²) in [5, 5.41) is 3.83. The first-order valence-corrected chi connectivity index (χ1v) is 10.4. The molecule has 0 aliphatic carbocycles. The molecule has 1 amide bonds. The largest absolute Gasteiger partial charge is 0.487 e. The SMILES string of the molecule is Cc1[nH]c2c(C)cccc2c(=O)c1CCC(=O)NC1CC(C)(C)Oc2ccccc21. The van der Waals surface area contributed by atoms with Crippen molar-refractivity contribution in [3.05, 3.63) is 75.1 Å². The second kappa shape index (κ2) is 7.63. The Morgan fingerprint density at radius 1 is 1.17 bits per heavy atom. The van der Waals surface area contributed by atoms with E-state index in [9.17, 15) is 9.59 Å². The highest BCUT2D eigenvalue weighted by Crippen LogP contribution is 2.39. The van der Waals surface area contributed by atoms with Crippen LogP contribution in [0, 0.1) is 13.8 Å². The van der Waals surface area contributed by atoms with Crippen molar-refractivity contribution in [3.8, 4) is 5.75 Å². The number of aromatic nitrogens is 1. The molecule has 1 atom stereocenters. The third kappa shape index (κ3) is 3.84. The molecule has 1 aliphatic rings. The Kier molecular flexibility index (Phi) is 5.14. The van der Waals surface area contributed by atoms with E-state index in [1.807, 2.05) is 70.2 Å². The van der Waals surface area contributed by atoms with E-state index in [0.29, 0.717) is 23.8 Å². The van der Waals surface area contributed by atoms with Crippen molar-refractivity contribution in [2.45, 2.75) is 58.6 Å². The summed E-state index contributed by atoms with van der Waals surface area (Å²) in [6.45, 7) is 7.94. The van der Waals surface area contributed by atoms with Crippen molar-refractivity contribution < 1.29 is 9.53 Å². The fourth-order valence-electron chi connectivity index (χ4n) is 4.36. The Hall–Kier alpha value is -3.08. The van der Waals surface area contributed by atoms with Crippen molar-refractivity contribution in [1.29, 1.82) is 0 Å². The lowest BCUT2D eigenvalue weighted by atomic mass is 9.89. The van der Waals surface area contributed by atoms with Crippen molar-refractivity contribution in [2.24, 2.45) is 0 Å². The van der Waals surface area contributed by atoms with Gasteiger partial charge in [-0.1, -0.05) is 30.3 Å². The molecule has 2 N–H and O–H groups in total. The summed E-state index contributed by atoms with van der Waals surface area (Å²) in [6.07, 6.45) is 1.37. The van der Waals surface area contributed by atoms with Gasteiger partial charge in [0.25, 0.3) is 0 Å². The number of carbonyl (C=O) groups excluding carboxylic acids is 1. The van der Waals surface area contributed by atoms with Gasteiger partial charge in [-0.3, -0.25) is 9.59 Å². The van der Waals surface area contributed by atoms with Gasteiger partial charge in [0.2, 0.25) is 5.91 Å². The molecular formula is C25H28N2O3. The van der Waals surface area contributed by atoms with Gasteiger partial charge in [-0.15, -0.1) is 0 Å². The smallest absolute Gasteiger partial charge is 0.220 e. The lowest BCUT2D eigenvalue weighted by Gasteiger charge is -2.37. The number of amides is 1. The fourth-order valence-corrected chi connectivity index (χ4v) is 4.36. The van der Waals surface area contributed by atoms with Crippen molar-refractivity contribution in [3.63, 3.8) is 0 Å². The third-order valence-corrected chi connectivity index (χ3v) is 5.87. The zero-order valence-electron chi connectivity index (χ0n) is 18.0. The molecule has 5 heteroatoms. The Morgan fingerprint density at radius 2 is 1.93 bits per heavy atom. The molecule has 0 radical (unpaired) electrons. The Bertz CT molecular complexity index is 1180. The number of carbonyl (C=O) groups is 1. The van der Waals surface area contributed by atoms with E-state index in [0.717, 1.165) is 28.1 Å². The number of fused-ring (bicyclic) bond motifs is 2. The highest BCUT2D eigenvalue weighted by Gasteiger charge is 2.34. The number of rotatable bonds is 4. The number of ether oxygens (including phenoxy) is 1. The first-order chi connectivity index (χ1) is 14.2. The average molecular weight is 405 g/mol. The molecule has 0 spiro atoms. The normalized spacial score (nSPS) is 17.3. The summed E-state index contributed by atoms with van der Waals surface area (Å²) < 4.78 is 6.05. The number of aromatic amines is 1. The molecule has 1 unspecified atom stereocenters. The van der Waals surface area contributed by atoms with E-state index < -0.39 is 0 Å². The van der Waals surface area contributed by atoms with E-state index in [1.165, 1.54) is 0 Å². The monoisotopic (exact) mass is 404 g/mol. The maximum Gasteiger partial charge on any atom is 0.220 e. The van der Waals surface area contributed by atoms with Gasteiger partial charge < -0.3 is 15.0 Å². The average Bonchev–Trinajstić information content (AvgIpc) is 2.68. The summed E-state index contributed by atoms with van der Waals surface area (Å²) >= 11 is 0. The molecule has 3 aromatic rings. The first-order valence-electron chi connectivity index (χ1n) is 10.4. The molecule has 1 aliphatic heterocycles. The van der Waals surface area contributed by atoms with Crippen LogP contribution >= 0.6 is 0 Å². The highest BCUT2D eigenvalue weighted by atomic mass is 16.5. The minimum absolute atomic E-state index is 0.00953. The molecule has 30 heavy (non-hydrogen) atoms. The number of pyridine rings is 1. The Balaban J connectivity index is 1.52. The van der Waals surface area contributed by atoms with Crippen LogP contribution in [0.15, 0.2) is 47.3 Å². The predicted octanol–water partition coefficient (Wildman–Crippen LogP) is 4.50. The first kappa shape index (κ1) is 20.2. The zero-order chi connectivity index (χ0) is 21.5. The number of para-hydroxylation sites is 2. The van der Waals surface area contributed by atoms with Crippen LogP contribution in [-0.4, -0.2) is 16.5 Å². The second-order valence-electron chi connectivity index (χ2n) is 8.78. The number of hydrogen-bond donors (Lipinski definition) is 2. The van der Waals surface area contributed by atoms with Crippen LogP contribution in [0.1, 0.15) is 55.1 Å². The van der Waals surface area contributed by atoms with Crippen LogP contribution < -0.4 is 15.5 Å². The third-order valence-electron chi connectivity index (χ3n) is 5.87. The lowest BCUT2D eigenvalue weighted by Crippen LogP contribution is -2.41. The maximum atomic E-state index is 13.0. The van der Waals surface area contributed by atoms with Gasteiger partial charge in [-0.2, -0.15) is 0 Å². The minimum Gasteiger partial charge on any atom is -0.487 e. The quantitative estimate of drug-likeness (QED) is 0.673. The second-order valence-corrected chi connectivity index (χ2v) is 8.78. The summed E-state index contributed by atoms with van der Waals surface area (Å²) in [7, 11) is 0. The molecule has 0 saturated carbocycles. The van der Waals surface area contributed by atoms with Gasteiger partial charge in [-0.05, 0) is 51.8 Å². The molecular weight excluding hydrogens is 376 g/mol. The van der Waals surface area contributed by atoms with E-state index in [1.54, 1.807) is 0 Å². The summed E-state index contributed by atoms with van der Waals surface area (Å²) in [5.74, 6) is 0.756. The highest BCUT2D eigenvalue weighted by molar-refractivity contribution is 5.83. The van der Waals surface area contributed by atoms with Crippen LogP contribution in [0.4, 0.5) is 0 Å². The van der Waals surface area contributed by atoms with Crippen molar-refractivity contribution in [2.75, 3.05) is 0 Å². The molecule has 0 saturated heterocycles. The molecule has 4 rings (SSSR count). The molecule has 156 valence electrons. The van der Waals surface area contributed by atoms with Crippen LogP contribution in [0.2, 0.25) is 0 Å². The number of benzene rings is 2. The molecule has 5 nitrogen and oxygen atoms in total. The van der Waals surface area contributed by atoms with E-state index >= 15 is 0 Å². The predicted molar refractivity (Wildman–Crippen MR) is 119 cm³/mol. The van der Waals surface area contributed by atoms with Crippen LogP contribution in [0.25, 0.3) is 10.9 Å². The molecule has 2 aromatic carbocycles. The van der Waals surface area contributed by atoms with Crippen molar-refractivity contribution >= 4 is 16.8 Å². The van der Waals surface area contributed by atoms with E-state index in [4.69, 9.17) is 4.74 Å². The maximum absolute atomic E-state index is 13.0. The van der Waals surface area contributed by atoms with Crippen LogP contribution in [0.3, 0.4) is 0 Å². The molecule has 0 bridgehead atoms. The number of nitrogens with one attached hydrogen (secondary N) is 2. The van der Waals surface area contributed by atoms with Gasteiger partial charge in [0.15, 0.2) is 5.43 Å². The number of hydrogen-bond acceptors (Lipinski definition) is 3. The molecule has 0 fully saturated rings. The molecule has 2 heterocycles. The Morgan fingerprint density at radius 3 is 2.73 bits per heavy atom. The standard InChI is InChI=1S/C25H28N2O3/c1-15-8-7-10-19-23(15)26-16(2)17(24(19)29)12-13-22(28)27-20-14-25(3,4)30-21-11-6-5-9-18(20)21/h5-11,20H,12-14H2,1-4H3,(H,26,29)(H,27,28). The van der Waals surface area contributed by atoms with Crippen LogP contribution in [-0.2, 0) is 11.2 Å². The Labute approximate surface area is 176 Å². The number of H-pyrrole nitrogens is 1. The van der Waals surface area contributed by atoms with Gasteiger partial charge in [0.1, 0.15) is 11.4 Å². The lowest BCUT2D eigenvalue weighted by molar-refractivity contribution is -0.122. The number of aryl methyl sites for hydroxylation is 2. The van der Waals surface area contributed by atoms with Gasteiger partial charge in [0, 0.05) is 35.0 Å². The molecule has 1 aromatic heterocycles. The van der Waals surface area contributed by atoms with Crippen molar-refractivity contribution in [1.82, 2.24) is 10.3 Å². The fraction of sp³-hybridized carbons (Fsp3) is 0.360. The summed E-state index contributed by atoms with van der Waals surface area (Å²) in [6, 6.07) is 13.4. The summed E-state index contributed by atoms with van der Waals surface area (Å²) in [5.41, 5.74) is 4.07.